The molecule has 9 heteroatoms. The van der Waals surface area contributed by atoms with Gasteiger partial charge in [0.05, 0.1) is 5.25 Å². The first-order valence-corrected chi connectivity index (χ1v) is 9.77. The number of aromatic nitrogens is 2. The molecular formula is C20H21N4O4S+. The van der Waals surface area contributed by atoms with Gasteiger partial charge in [0.15, 0.2) is 0 Å². The molecule has 1 aromatic heterocycles. The van der Waals surface area contributed by atoms with Crippen molar-refractivity contribution in [1.82, 2.24) is 5.27 Å². The highest BCUT2D eigenvalue weighted by Gasteiger charge is 2.29. The molecule has 29 heavy (non-hydrogen) atoms. The lowest BCUT2D eigenvalue weighted by molar-refractivity contribution is -0.704. The Labute approximate surface area is 171 Å². The fourth-order valence-corrected chi connectivity index (χ4v) is 3.42. The Hall–Kier alpha value is -3.33. The number of H-pyrrole nitrogens is 1. The minimum absolute atomic E-state index is 0.168. The molecule has 2 aromatic carbocycles. The van der Waals surface area contributed by atoms with Gasteiger partial charge in [-0.1, -0.05) is 17.7 Å². The maximum absolute atomic E-state index is 12.6. The predicted molar refractivity (Wildman–Crippen MR) is 110 cm³/mol. The molecule has 0 bridgehead atoms. The summed E-state index contributed by atoms with van der Waals surface area (Å²) in [4.78, 5) is 35.7. The van der Waals surface area contributed by atoms with Crippen LogP contribution in [0, 0.1) is 6.92 Å². The molecule has 3 N–H and O–H groups in total. The summed E-state index contributed by atoms with van der Waals surface area (Å²) >= 11 is 1.10. The number of nitrogens with one attached hydrogen (secondary N) is 3. The van der Waals surface area contributed by atoms with Crippen LogP contribution in [0.5, 0.6) is 0 Å². The standard InChI is InChI=1S/C20H20N4O4S/c1-12-4-10-17(11-5-12)24-19(20(27)28-23-24)29-13(2)18(26)22-16-8-6-15(7-9-16)21-14(3)25/h4-11,13,23,27H,1-3H3/p+1. The van der Waals surface area contributed by atoms with Crippen LogP contribution < -0.4 is 20.9 Å². The van der Waals surface area contributed by atoms with E-state index in [1.807, 2.05) is 31.2 Å². The van der Waals surface area contributed by atoms with E-state index in [-0.39, 0.29) is 16.8 Å². The third kappa shape index (κ3) is 5.14. The zero-order chi connectivity index (χ0) is 21.0. The molecule has 3 aromatic rings. The van der Waals surface area contributed by atoms with Crippen LogP contribution in [0.2, 0.25) is 0 Å². The summed E-state index contributed by atoms with van der Waals surface area (Å²) in [5.74, 6) is -0.433. The molecule has 0 aliphatic rings. The van der Waals surface area contributed by atoms with Crippen LogP contribution in [0.15, 0.2) is 62.9 Å². The summed E-state index contributed by atoms with van der Waals surface area (Å²) in [6, 6.07) is 14.3. The number of aromatic amines is 1. The molecule has 1 unspecified atom stereocenters. The second kappa shape index (κ2) is 8.78. The molecule has 0 aliphatic carbocycles. The number of amides is 2. The number of hydrogen-bond acceptors (Lipinski definition) is 5. The first-order chi connectivity index (χ1) is 13.8. The Kier molecular flexibility index (Phi) is 6.18. The van der Waals surface area contributed by atoms with E-state index in [9.17, 15) is 14.4 Å². The summed E-state index contributed by atoms with van der Waals surface area (Å²) in [5.41, 5.74) is 2.50. The summed E-state index contributed by atoms with van der Waals surface area (Å²) in [7, 11) is 0. The number of aryl methyl sites for hydroxylation is 1. The van der Waals surface area contributed by atoms with Crippen LogP contribution in [0.1, 0.15) is 19.4 Å². The van der Waals surface area contributed by atoms with Gasteiger partial charge in [-0.3, -0.25) is 14.1 Å². The minimum Gasteiger partial charge on any atom is -0.326 e. The van der Waals surface area contributed by atoms with E-state index >= 15 is 0 Å². The fourth-order valence-electron chi connectivity index (χ4n) is 2.53. The maximum atomic E-state index is 12.6. The van der Waals surface area contributed by atoms with E-state index in [4.69, 9.17) is 4.52 Å². The van der Waals surface area contributed by atoms with Gasteiger partial charge in [-0.05, 0) is 59.8 Å². The SMILES string of the molecule is CC(=O)Nc1ccc(NC(=O)C(C)Sc2c(=O)o[nH][n+]2-c2ccc(C)cc2)cc1. The first-order valence-electron chi connectivity index (χ1n) is 8.89. The number of carbonyl (C=O) groups is 2. The van der Waals surface area contributed by atoms with Gasteiger partial charge in [0, 0.05) is 30.4 Å². The van der Waals surface area contributed by atoms with Crippen molar-refractivity contribution in [3.05, 3.63) is 64.5 Å². The van der Waals surface area contributed by atoms with E-state index in [0.29, 0.717) is 11.4 Å². The number of benzene rings is 2. The highest BCUT2D eigenvalue weighted by atomic mass is 32.2. The van der Waals surface area contributed by atoms with Crippen LogP contribution in [0.3, 0.4) is 0 Å². The van der Waals surface area contributed by atoms with E-state index in [1.54, 1.807) is 31.2 Å². The Morgan fingerprint density at radius 3 is 2.21 bits per heavy atom. The Morgan fingerprint density at radius 1 is 1.03 bits per heavy atom. The zero-order valence-electron chi connectivity index (χ0n) is 16.2. The van der Waals surface area contributed by atoms with E-state index in [0.717, 1.165) is 23.0 Å². The van der Waals surface area contributed by atoms with Gasteiger partial charge in [-0.2, -0.15) is 0 Å². The number of hydrogen-bond donors (Lipinski definition) is 3. The summed E-state index contributed by atoms with van der Waals surface area (Å²) in [6.07, 6.45) is 0. The summed E-state index contributed by atoms with van der Waals surface area (Å²) in [6.45, 7) is 5.10. The molecule has 0 aliphatic heterocycles. The van der Waals surface area contributed by atoms with Crippen LogP contribution in [-0.2, 0) is 9.59 Å². The lowest BCUT2D eigenvalue weighted by Gasteiger charge is -2.10. The first kappa shape index (κ1) is 20.4. The second-order valence-electron chi connectivity index (χ2n) is 6.46. The highest BCUT2D eigenvalue weighted by Crippen LogP contribution is 2.20. The van der Waals surface area contributed by atoms with Gasteiger partial charge < -0.3 is 10.6 Å². The number of rotatable bonds is 6. The topological polar surface area (TPSA) is 108 Å². The molecule has 1 atom stereocenters. The molecule has 0 saturated heterocycles. The Morgan fingerprint density at radius 2 is 1.62 bits per heavy atom. The van der Waals surface area contributed by atoms with Crippen molar-refractivity contribution in [3.63, 3.8) is 0 Å². The van der Waals surface area contributed by atoms with Crippen LogP contribution >= 0.6 is 11.8 Å². The van der Waals surface area contributed by atoms with Crippen LogP contribution in [0.25, 0.3) is 5.69 Å². The number of nitrogens with zero attached hydrogens (tertiary/aromatic N) is 1. The summed E-state index contributed by atoms with van der Waals surface area (Å²) < 4.78 is 6.43. The smallest absolute Gasteiger partial charge is 0.326 e. The Balaban J connectivity index is 1.70. The molecule has 150 valence electrons. The summed E-state index contributed by atoms with van der Waals surface area (Å²) in [5, 5.41) is 7.75. The Bertz CT molecular complexity index is 1070. The van der Waals surface area contributed by atoms with Gasteiger partial charge in [0.1, 0.15) is 0 Å². The monoisotopic (exact) mass is 413 g/mol. The zero-order valence-corrected chi connectivity index (χ0v) is 17.0. The van der Waals surface area contributed by atoms with E-state index < -0.39 is 10.9 Å². The van der Waals surface area contributed by atoms with Gasteiger partial charge in [-0.15, -0.1) is 0 Å². The molecule has 1 heterocycles. The molecule has 0 fully saturated rings. The van der Waals surface area contributed by atoms with Gasteiger partial charge >= 0.3 is 10.7 Å². The van der Waals surface area contributed by atoms with Crippen molar-refractivity contribution in [2.24, 2.45) is 0 Å². The molecule has 0 saturated carbocycles. The van der Waals surface area contributed by atoms with Crippen molar-refractivity contribution in [2.45, 2.75) is 31.0 Å². The largest absolute Gasteiger partial charge is 0.442 e. The van der Waals surface area contributed by atoms with Crippen molar-refractivity contribution >= 4 is 35.0 Å². The second-order valence-corrected chi connectivity index (χ2v) is 7.79. The van der Waals surface area contributed by atoms with Crippen molar-refractivity contribution < 1.29 is 18.8 Å². The average Bonchev–Trinajstić information content (AvgIpc) is 3.04. The van der Waals surface area contributed by atoms with Gasteiger partial charge in [0.2, 0.25) is 17.5 Å². The molecule has 0 radical (unpaired) electrons. The third-order valence-electron chi connectivity index (χ3n) is 4.03. The lowest BCUT2D eigenvalue weighted by Crippen LogP contribution is -2.37. The van der Waals surface area contributed by atoms with E-state index in [1.165, 1.54) is 11.6 Å². The quantitative estimate of drug-likeness (QED) is 0.425. The van der Waals surface area contributed by atoms with Crippen LogP contribution in [0.4, 0.5) is 11.4 Å². The fraction of sp³-hybridized carbons (Fsp3) is 0.200. The molecule has 0 spiro atoms. The van der Waals surface area contributed by atoms with Crippen molar-refractivity contribution in [1.29, 1.82) is 0 Å². The van der Waals surface area contributed by atoms with Crippen LogP contribution in [-0.4, -0.2) is 22.3 Å². The molecule has 8 nitrogen and oxygen atoms in total. The maximum Gasteiger partial charge on any atom is 0.442 e. The normalized spacial score (nSPS) is 11.7. The van der Waals surface area contributed by atoms with Crippen molar-refractivity contribution in [3.8, 4) is 5.69 Å². The molecular weight excluding hydrogens is 392 g/mol. The predicted octanol–water partition coefficient (Wildman–Crippen LogP) is 2.63. The van der Waals surface area contributed by atoms with Crippen molar-refractivity contribution in [2.75, 3.05) is 10.6 Å². The molecule has 2 amide bonds. The third-order valence-corrected chi connectivity index (χ3v) is 5.17. The number of thioether (sulfide) groups is 1. The average molecular weight is 413 g/mol. The highest BCUT2D eigenvalue weighted by molar-refractivity contribution is 8.00. The van der Waals surface area contributed by atoms with Gasteiger partial charge in [-0.25, -0.2) is 4.79 Å². The molecule has 3 rings (SSSR count). The van der Waals surface area contributed by atoms with E-state index in [2.05, 4.69) is 15.9 Å². The lowest BCUT2D eigenvalue weighted by atomic mass is 10.2. The minimum atomic E-state index is -0.555. The van der Waals surface area contributed by atoms with Gasteiger partial charge in [0.25, 0.3) is 0 Å². The number of anilines is 2. The number of carbonyl (C=O) groups excluding carboxylic acids is 2.